The molecule has 0 bridgehead atoms. The summed E-state index contributed by atoms with van der Waals surface area (Å²) in [6, 6.07) is 12.9. The molecule has 0 saturated heterocycles. The van der Waals surface area contributed by atoms with Crippen LogP contribution in [-0.4, -0.2) is 12.5 Å². The summed E-state index contributed by atoms with van der Waals surface area (Å²) in [5, 5.41) is 0. The lowest BCUT2D eigenvalue weighted by Crippen LogP contribution is -2.32. The van der Waals surface area contributed by atoms with Crippen LogP contribution >= 0.6 is 0 Å². The highest BCUT2D eigenvalue weighted by Gasteiger charge is 2.47. The summed E-state index contributed by atoms with van der Waals surface area (Å²) in [6.07, 6.45) is -6.68. The summed E-state index contributed by atoms with van der Waals surface area (Å²) >= 11 is 0. The SMILES string of the molecule is CCC(C)(c1ccc(OC(F)(F)F)cc1)C(C)CCC(C)c1cccc([C@@H](C(C)(C)C)C(F)(F)F)c1. The predicted octanol–water partition coefficient (Wildman–Crippen LogP) is 10.2. The van der Waals surface area contributed by atoms with Crippen LogP contribution < -0.4 is 4.74 Å². The number of halogens is 6. The van der Waals surface area contributed by atoms with Crippen LogP contribution in [0.4, 0.5) is 26.3 Å². The van der Waals surface area contributed by atoms with Crippen LogP contribution in [0.2, 0.25) is 0 Å². The Bertz CT molecular complexity index is 957. The van der Waals surface area contributed by atoms with Gasteiger partial charge in [0.05, 0.1) is 5.92 Å². The highest BCUT2D eigenvalue weighted by molar-refractivity contribution is 5.33. The van der Waals surface area contributed by atoms with E-state index in [1.165, 1.54) is 12.1 Å². The lowest BCUT2D eigenvalue weighted by Gasteiger charge is -2.36. The van der Waals surface area contributed by atoms with Crippen molar-refractivity contribution in [2.24, 2.45) is 11.3 Å². The molecule has 0 aromatic heterocycles. The fourth-order valence-electron chi connectivity index (χ4n) is 5.08. The molecule has 0 spiro atoms. The molecular weight excluding hydrogens is 478 g/mol. The Morgan fingerprint density at radius 1 is 0.778 bits per heavy atom. The molecule has 0 heterocycles. The Morgan fingerprint density at radius 2 is 1.33 bits per heavy atom. The van der Waals surface area contributed by atoms with E-state index >= 15 is 0 Å². The van der Waals surface area contributed by atoms with Gasteiger partial charge in [0, 0.05) is 0 Å². The minimum atomic E-state index is -4.73. The van der Waals surface area contributed by atoms with E-state index in [1.54, 1.807) is 51.1 Å². The first-order chi connectivity index (χ1) is 16.4. The van der Waals surface area contributed by atoms with Crippen LogP contribution in [0, 0.1) is 11.3 Å². The van der Waals surface area contributed by atoms with E-state index < -0.39 is 23.9 Å². The first kappa shape index (κ1) is 30.0. The predicted molar refractivity (Wildman–Crippen MR) is 132 cm³/mol. The largest absolute Gasteiger partial charge is 0.573 e. The number of ether oxygens (including phenoxy) is 1. The molecule has 0 saturated carbocycles. The Morgan fingerprint density at radius 3 is 1.81 bits per heavy atom. The second kappa shape index (κ2) is 11.1. The normalized spacial score (nSPS) is 17.2. The van der Waals surface area contributed by atoms with E-state index in [0.717, 1.165) is 30.4 Å². The van der Waals surface area contributed by atoms with Crippen molar-refractivity contribution >= 4 is 0 Å². The standard InChI is InChI=1S/C29H38F6O/c1-8-27(7,23-14-16-24(17-15-23)36-29(33,34)35)20(3)13-12-19(2)21-10-9-11-22(18-21)25(26(4,5)6)28(30,31)32/h9-11,14-20,25H,8,12-13H2,1-7H3/t19?,20?,25-,27?/m0/s1. The molecule has 202 valence electrons. The lowest BCUT2D eigenvalue weighted by molar-refractivity contribution is -0.274. The summed E-state index contributed by atoms with van der Waals surface area (Å²) in [5.41, 5.74) is 0.862. The molecule has 1 nitrogen and oxygen atoms in total. The number of hydrogen-bond acceptors (Lipinski definition) is 1. The zero-order valence-corrected chi connectivity index (χ0v) is 22.1. The second-order valence-corrected chi connectivity index (χ2v) is 11.2. The maximum atomic E-state index is 13.9. The molecule has 2 rings (SSSR count). The zero-order valence-electron chi connectivity index (χ0n) is 22.1. The lowest BCUT2D eigenvalue weighted by atomic mass is 9.68. The minimum Gasteiger partial charge on any atom is -0.406 e. The first-order valence-electron chi connectivity index (χ1n) is 12.4. The van der Waals surface area contributed by atoms with Gasteiger partial charge in [0.15, 0.2) is 0 Å². The maximum absolute atomic E-state index is 13.9. The number of hydrogen-bond donors (Lipinski definition) is 0. The van der Waals surface area contributed by atoms with Crippen LogP contribution in [0.25, 0.3) is 0 Å². The topological polar surface area (TPSA) is 9.23 Å². The van der Waals surface area contributed by atoms with Crippen LogP contribution in [0.5, 0.6) is 5.75 Å². The van der Waals surface area contributed by atoms with Gasteiger partial charge in [-0.2, -0.15) is 13.2 Å². The van der Waals surface area contributed by atoms with Crippen molar-refractivity contribution in [2.45, 2.75) is 97.5 Å². The van der Waals surface area contributed by atoms with Gasteiger partial charge >= 0.3 is 12.5 Å². The van der Waals surface area contributed by atoms with Gasteiger partial charge in [-0.1, -0.05) is 84.9 Å². The quantitative estimate of drug-likeness (QED) is 0.301. The van der Waals surface area contributed by atoms with Crippen molar-refractivity contribution < 1.29 is 31.1 Å². The molecule has 2 aromatic carbocycles. The monoisotopic (exact) mass is 516 g/mol. The van der Waals surface area contributed by atoms with Gasteiger partial charge in [0.2, 0.25) is 0 Å². The zero-order chi connectivity index (χ0) is 27.5. The van der Waals surface area contributed by atoms with E-state index in [9.17, 15) is 26.3 Å². The molecule has 0 fully saturated rings. The van der Waals surface area contributed by atoms with Crippen LogP contribution in [0.1, 0.15) is 96.3 Å². The van der Waals surface area contributed by atoms with Gasteiger partial charge in [-0.15, -0.1) is 13.2 Å². The Balaban J connectivity index is 2.16. The van der Waals surface area contributed by atoms with Crippen molar-refractivity contribution in [2.75, 3.05) is 0 Å². The summed E-state index contributed by atoms with van der Waals surface area (Å²) in [5.74, 6) is -1.55. The molecule has 7 heteroatoms. The van der Waals surface area contributed by atoms with E-state index in [1.807, 2.05) is 19.9 Å². The third-order valence-corrected chi connectivity index (χ3v) is 7.61. The molecule has 4 atom stereocenters. The van der Waals surface area contributed by atoms with E-state index in [4.69, 9.17) is 0 Å². The highest BCUT2D eigenvalue weighted by atomic mass is 19.4. The Hall–Kier alpha value is -2.18. The van der Waals surface area contributed by atoms with Crippen LogP contribution in [0.3, 0.4) is 0 Å². The van der Waals surface area contributed by atoms with E-state index in [0.29, 0.717) is 0 Å². The number of alkyl halides is 6. The first-order valence-corrected chi connectivity index (χ1v) is 12.4. The number of benzene rings is 2. The molecule has 36 heavy (non-hydrogen) atoms. The molecule has 0 aliphatic heterocycles. The fraction of sp³-hybridized carbons (Fsp3) is 0.586. The van der Waals surface area contributed by atoms with Gasteiger partial charge in [-0.25, -0.2) is 0 Å². The second-order valence-electron chi connectivity index (χ2n) is 11.2. The average molecular weight is 517 g/mol. The van der Waals surface area contributed by atoms with Crippen molar-refractivity contribution in [1.29, 1.82) is 0 Å². The van der Waals surface area contributed by atoms with Crippen molar-refractivity contribution in [3.63, 3.8) is 0 Å². The van der Waals surface area contributed by atoms with Gasteiger partial charge < -0.3 is 4.74 Å². The van der Waals surface area contributed by atoms with Gasteiger partial charge in [0.1, 0.15) is 5.75 Å². The summed E-state index contributed by atoms with van der Waals surface area (Å²) in [6.45, 7) is 13.1. The molecule has 0 aliphatic carbocycles. The molecule has 0 amide bonds. The third-order valence-electron chi connectivity index (χ3n) is 7.61. The van der Waals surface area contributed by atoms with Gasteiger partial charge in [-0.3, -0.25) is 0 Å². The van der Waals surface area contributed by atoms with Crippen molar-refractivity contribution in [3.05, 3.63) is 65.2 Å². The molecule has 0 N–H and O–H groups in total. The van der Waals surface area contributed by atoms with Crippen LogP contribution in [-0.2, 0) is 5.41 Å². The van der Waals surface area contributed by atoms with Crippen LogP contribution in [0.15, 0.2) is 48.5 Å². The fourth-order valence-corrected chi connectivity index (χ4v) is 5.08. The van der Waals surface area contributed by atoms with Gasteiger partial charge in [-0.05, 0) is 70.8 Å². The molecule has 2 aromatic rings. The molecule has 0 aliphatic rings. The third kappa shape index (κ3) is 7.66. The van der Waals surface area contributed by atoms with Crippen molar-refractivity contribution in [1.82, 2.24) is 0 Å². The molecule has 0 radical (unpaired) electrons. The Kier molecular flexibility index (Phi) is 9.23. The maximum Gasteiger partial charge on any atom is 0.573 e. The van der Waals surface area contributed by atoms with E-state index in [-0.39, 0.29) is 28.6 Å². The summed E-state index contributed by atoms with van der Waals surface area (Å²) in [4.78, 5) is 0. The summed E-state index contributed by atoms with van der Waals surface area (Å²) < 4.78 is 83.1. The molecular formula is C29H38F6O. The highest BCUT2D eigenvalue weighted by Crippen LogP contribution is 2.47. The smallest absolute Gasteiger partial charge is 0.406 e. The van der Waals surface area contributed by atoms with Crippen molar-refractivity contribution in [3.8, 4) is 5.75 Å². The van der Waals surface area contributed by atoms with E-state index in [2.05, 4.69) is 18.6 Å². The average Bonchev–Trinajstić information content (AvgIpc) is 2.74. The Labute approximate surface area is 211 Å². The van der Waals surface area contributed by atoms with Gasteiger partial charge in [0.25, 0.3) is 0 Å². The molecule has 3 unspecified atom stereocenters. The summed E-state index contributed by atoms with van der Waals surface area (Å²) in [7, 11) is 0. The minimum absolute atomic E-state index is 0.0601. The number of rotatable bonds is 9.